The van der Waals surface area contributed by atoms with Crippen LogP contribution in [0.2, 0.25) is 0 Å². The highest BCUT2D eigenvalue weighted by molar-refractivity contribution is 9.10. The zero-order valence-electron chi connectivity index (χ0n) is 11.7. The van der Waals surface area contributed by atoms with Gasteiger partial charge in [0, 0.05) is 10.5 Å². The molecule has 0 amide bonds. The lowest BCUT2D eigenvalue weighted by molar-refractivity contribution is 0.483. The largest absolute Gasteiger partial charge is 0.457 e. The van der Waals surface area contributed by atoms with Crippen LogP contribution in [0.3, 0.4) is 0 Å². The van der Waals surface area contributed by atoms with Gasteiger partial charge in [-0.05, 0) is 59.7 Å². The molecule has 1 atom stereocenters. The van der Waals surface area contributed by atoms with Gasteiger partial charge in [-0.25, -0.2) is 0 Å². The summed E-state index contributed by atoms with van der Waals surface area (Å²) in [7, 11) is 0. The van der Waals surface area contributed by atoms with Gasteiger partial charge in [0.2, 0.25) is 0 Å². The zero-order chi connectivity index (χ0) is 14.8. The highest BCUT2D eigenvalue weighted by Gasteiger charge is 2.02. The second kappa shape index (κ2) is 5.88. The first-order chi connectivity index (χ1) is 10.1. The normalized spacial score (nSPS) is 12.3. The predicted molar refractivity (Wildman–Crippen MR) is 90.8 cm³/mol. The lowest BCUT2D eigenvalue weighted by atomic mass is 10.1. The van der Waals surface area contributed by atoms with Crippen molar-refractivity contribution < 1.29 is 4.74 Å². The van der Waals surface area contributed by atoms with E-state index in [4.69, 9.17) is 10.5 Å². The summed E-state index contributed by atoms with van der Waals surface area (Å²) in [5.74, 6) is 1.65. The highest BCUT2D eigenvalue weighted by Crippen LogP contribution is 2.28. The molecule has 0 aliphatic rings. The van der Waals surface area contributed by atoms with E-state index in [1.165, 1.54) is 5.39 Å². The highest BCUT2D eigenvalue weighted by atomic mass is 79.9. The molecule has 3 aromatic carbocycles. The van der Waals surface area contributed by atoms with E-state index in [0.717, 1.165) is 26.9 Å². The average molecular weight is 342 g/mol. The molecule has 21 heavy (non-hydrogen) atoms. The molecule has 0 spiro atoms. The van der Waals surface area contributed by atoms with Crippen molar-refractivity contribution in [3.63, 3.8) is 0 Å². The molecule has 3 aromatic rings. The summed E-state index contributed by atoms with van der Waals surface area (Å²) >= 11 is 3.48. The van der Waals surface area contributed by atoms with Crippen molar-refractivity contribution in [2.45, 2.75) is 13.0 Å². The molecule has 0 bridgehead atoms. The average Bonchev–Trinajstić information content (AvgIpc) is 2.48. The van der Waals surface area contributed by atoms with Crippen molar-refractivity contribution in [1.29, 1.82) is 0 Å². The molecule has 0 unspecified atom stereocenters. The first-order valence-electron chi connectivity index (χ1n) is 6.84. The molecule has 106 valence electrons. The molecule has 0 aromatic heterocycles. The molecule has 0 radical (unpaired) electrons. The second-order valence-electron chi connectivity index (χ2n) is 5.11. The number of ether oxygens (including phenoxy) is 1. The van der Waals surface area contributed by atoms with Gasteiger partial charge in [0.25, 0.3) is 0 Å². The van der Waals surface area contributed by atoms with Gasteiger partial charge in [0.05, 0.1) is 0 Å². The minimum atomic E-state index is 0.0400. The van der Waals surface area contributed by atoms with Gasteiger partial charge in [-0.2, -0.15) is 0 Å². The molecular formula is C18H16BrNO. The molecule has 2 nitrogen and oxygen atoms in total. The lowest BCUT2D eigenvalue weighted by Gasteiger charge is -2.09. The summed E-state index contributed by atoms with van der Waals surface area (Å²) in [5, 5.41) is 2.34. The molecule has 0 saturated heterocycles. The Balaban J connectivity index is 1.85. The molecule has 0 aliphatic carbocycles. The van der Waals surface area contributed by atoms with E-state index in [2.05, 4.69) is 34.1 Å². The van der Waals surface area contributed by atoms with Crippen molar-refractivity contribution in [1.82, 2.24) is 0 Å². The summed E-state index contributed by atoms with van der Waals surface area (Å²) in [6, 6.07) is 20.2. The van der Waals surface area contributed by atoms with Crippen LogP contribution in [0.5, 0.6) is 11.5 Å². The van der Waals surface area contributed by atoms with Gasteiger partial charge in [-0.3, -0.25) is 0 Å². The molecule has 0 heterocycles. The summed E-state index contributed by atoms with van der Waals surface area (Å²) < 4.78 is 6.98. The van der Waals surface area contributed by atoms with Crippen molar-refractivity contribution in [2.75, 3.05) is 0 Å². The van der Waals surface area contributed by atoms with Crippen molar-refractivity contribution >= 4 is 26.7 Å². The fourth-order valence-corrected chi connectivity index (χ4v) is 2.61. The zero-order valence-corrected chi connectivity index (χ0v) is 13.3. The Morgan fingerprint density at radius 3 is 2.19 bits per heavy atom. The van der Waals surface area contributed by atoms with E-state index >= 15 is 0 Å². The van der Waals surface area contributed by atoms with E-state index < -0.39 is 0 Å². The molecule has 0 fully saturated rings. The van der Waals surface area contributed by atoms with Gasteiger partial charge in [0.15, 0.2) is 0 Å². The Morgan fingerprint density at radius 2 is 1.48 bits per heavy atom. The standard InChI is InChI=1S/C18H16BrNO/c1-12(20)13-3-7-17(8-4-13)21-18-9-5-14-10-16(19)6-2-15(14)11-18/h2-12H,20H2,1H3/t12-/m0/s1. The first-order valence-corrected chi connectivity index (χ1v) is 7.64. The van der Waals surface area contributed by atoms with Crippen molar-refractivity contribution in [2.24, 2.45) is 5.73 Å². The third kappa shape index (κ3) is 3.26. The molecule has 3 heteroatoms. The van der Waals surface area contributed by atoms with E-state index in [-0.39, 0.29) is 6.04 Å². The maximum Gasteiger partial charge on any atom is 0.128 e. The molecule has 2 N–H and O–H groups in total. The minimum Gasteiger partial charge on any atom is -0.457 e. The SMILES string of the molecule is C[C@H](N)c1ccc(Oc2ccc3cc(Br)ccc3c2)cc1. The van der Waals surface area contributed by atoms with E-state index in [0.29, 0.717) is 0 Å². The van der Waals surface area contributed by atoms with E-state index in [1.54, 1.807) is 0 Å². The number of rotatable bonds is 3. The molecule has 0 saturated carbocycles. The monoisotopic (exact) mass is 341 g/mol. The predicted octanol–water partition coefficient (Wildman–Crippen LogP) is 5.41. The number of nitrogens with two attached hydrogens (primary N) is 1. The fourth-order valence-electron chi connectivity index (χ4n) is 2.23. The smallest absolute Gasteiger partial charge is 0.128 e. The van der Waals surface area contributed by atoms with Gasteiger partial charge >= 0.3 is 0 Å². The van der Waals surface area contributed by atoms with Crippen LogP contribution in [0.4, 0.5) is 0 Å². The number of fused-ring (bicyclic) bond motifs is 1. The summed E-state index contributed by atoms with van der Waals surface area (Å²) in [5.41, 5.74) is 6.95. The van der Waals surface area contributed by atoms with Crippen LogP contribution in [0.15, 0.2) is 65.1 Å². The van der Waals surface area contributed by atoms with Gasteiger partial charge in [0.1, 0.15) is 11.5 Å². The summed E-state index contributed by atoms with van der Waals surface area (Å²) in [6.45, 7) is 1.97. The number of hydrogen-bond acceptors (Lipinski definition) is 2. The van der Waals surface area contributed by atoms with Gasteiger partial charge in [-0.15, -0.1) is 0 Å². The van der Waals surface area contributed by atoms with Gasteiger partial charge in [-0.1, -0.05) is 40.2 Å². The van der Waals surface area contributed by atoms with E-state index in [9.17, 15) is 0 Å². The fraction of sp³-hybridized carbons (Fsp3) is 0.111. The van der Waals surface area contributed by atoms with Crippen LogP contribution in [-0.2, 0) is 0 Å². The maximum absolute atomic E-state index is 5.90. The Bertz CT molecular complexity index is 766. The quantitative estimate of drug-likeness (QED) is 0.690. The minimum absolute atomic E-state index is 0.0400. The Morgan fingerprint density at radius 1 is 0.857 bits per heavy atom. The Labute approximate surface area is 132 Å². The number of benzene rings is 3. The van der Waals surface area contributed by atoms with Crippen LogP contribution in [-0.4, -0.2) is 0 Å². The maximum atomic E-state index is 5.90. The number of hydrogen-bond donors (Lipinski definition) is 1. The summed E-state index contributed by atoms with van der Waals surface area (Å²) in [4.78, 5) is 0. The Hall–Kier alpha value is -1.84. The first kappa shape index (κ1) is 14.1. The second-order valence-corrected chi connectivity index (χ2v) is 6.03. The van der Waals surface area contributed by atoms with Gasteiger partial charge < -0.3 is 10.5 Å². The topological polar surface area (TPSA) is 35.2 Å². The Kier molecular flexibility index (Phi) is 3.95. The lowest BCUT2D eigenvalue weighted by Crippen LogP contribution is -2.04. The van der Waals surface area contributed by atoms with Crippen LogP contribution in [0.1, 0.15) is 18.5 Å². The van der Waals surface area contributed by atoms with Crippen LogP contribution in [0.25, 0.3) is 10.8 Å². The molecule has 0 aliphatic heterocycles. The molecule has 3 rings (SSSR count). The van der Waals surface area contributed by atoms with E-state index in [1.807, 2.05) is 49.4 Å². The number of halogens is 1. The summed E-state index contributed by atoms with van der Waals surface area (Å²) in [6.07, 6.45) is 0. The molecular weight excluding hydrogens is 326 g/mol. The van der Waals surface area contributed by atoms with Crippen LogP contribution in [0, 0.1) is 0 Å². The van der Waals surface area contributed by atoms with Crippen LogP contribution >= 0.6 is 15.9 Å². The van der Waals surface area contributed by atoms with Crippen molar-refractivity contribution in [3.05, 3.63) is 70.7 Å². The van der Waals surface area contributed by atoms with Crippen molar-refractivity contribution in [3.8, 4) is 11.5 Å². The third-order valence-electron chi connectivity index (χ3n) is 3.42. The third-order valence-corrected chi connectivity index (χ3v) is 3.91. The van der Waals surface area contributed by atoms with Crippen LogP contribution < -0.4 is 10.5 Å².